The Bertz CT molecular complexity index is 687. The van der Waals surface area contributed by atoms with E-state index in [0.29, 0.717) is 12.3 Å². The van der Waals surface area contributed by atoms with Crippen molar-refractivity contribution in [3.8, 4) is 5.75 Å². The molecule has 0 radical (unpaired) electrons. The molecule has 0 N–H and O–H groups in total. The average Bonchev–Trinajstić information content (AvgIpc) is 2.74. The number of hydrogen-bond donors (Lipinski definition) is 0. The molecule has 168 valence electrons. The smallest absolute Gasteiger partial charge is 0.164 e. The topological polar surface area (TPSA) is 32.8 Å². The minimum atomic E-state index is 0.271. The standard InChI is InChI=1S/C26H42N2O2/c1-20(2)23-19-24(25(29)10-15-28-13-8-21(3)9-14-28)22(4)18-26(23)30-17-16-27-11-6-5-7-12-27/h18-21H,5-17H2,1-4H3. The number of likely N-dealkylation sites (tertiary alicyclic amines) is 2. The van der Waals surface area contributed by atoms with Gasteiger partial charge >= 0.3 is 0 Å². The Morgan fingerprint density at radius 2 is 1.70 bits per heavy atom. The first kappa shape index (κ1) is 23.3. The monoisotopic (exact) mass is 414 g/mol. The first-order valence-corrected chi connectivity index (χ1v) is 12.2. The molecular weight excluding hydrogens is 372 g/mol. The SMILES string of the molecule is Cc1cc(OCCN2CCCCC2)c(C(C)C)cc1C(=O)CCN1CCC(C)CC1. The van der Waals surface area contributed by atoms with Crippen LogP contribution in [0.4, 0.5) is 0 Å². The number of ether oxygens (including phenoxy) is 1. The number of rotatable bonds is 9. The van der Waals surface area contributed by atoms with Crippen molar-refractivity contribution < 1.29 is 9.53 Å². The van der Waals surface area contributed by atoms with Crippen LogP contribution >= 0.6 is 0 Å². The number of piperidine rings is 2. The fraction of sp³-hybridized carbons (Fsp3) is 0.731. The zero-order chi connectivity index (χ0) is 21.5. The van der Waals surface area contributed by atoms with Gasteiger partial charge in [-0.15, -0.1) is 0 Å². The van der Waals surface area contributed by atoms with E-state index < -0.39 is 0 Å². The number of carbonyl (C=O) groups excluding carboxylic acids is 1. The van der Waals surface area contributed by atoms with E-state index in [4.69, 9.17) is 4.74 Å². The molecule has 2 saturated heterocycles. The van der Waals surface area contributed by atoms with Gasteiger partial charge in [-0.3, -0.25) is 9.69 Å². The molecule has 0 aliphatic carbocycles. The van der Waals surface area contributed by atoms with Crippen molar-refractivity contribution in [2.24, 2.45) is 5.92 Å². The number of hydrogen-bond acceptors (Lipinski definition) is 4. The molecule has 4 nitrogen and oxygen atoms in total. The number of carbonyl (C=O) groups is 1. The highest BCUT2D eigenvalue weighted by molar-refractivity contribution is 5.98. The molecule has 4 heteroatoms. The number of benzene rings is 1. The predicted molar refractivity (Wildman–Crippen MR) is 125 cm³/mol. The first-order valence-electron chi connectivity index (χ1n) is 12.2. The van der Waals surface area contributed by atoms with E-state index in [1.165, 1.54) is 45.2 Å². The Hall–Kier alpha value is -1.39. The van der Waals surface area contributed by atoms with E-state index in [1.807, 2.05) is 0 Å². The molecule has 1 aromatic rings. The molecule has 0 atom stereocenters. The second-order valence-corrected chi connectivity index (χ2v) is 9.81. The Morgan fingerprint density at radius 1 is 1.03 bits per heavy atom. The van der Waals surface area contributed by atoms with Gasteiger partial charge in [0.2, 0.25) is 0 Å². The molecule has 2 fully saturated rings. The summed E-state index contributed by atoms with van der Waals surface area (Å²) in [4.78, 5) is 18.0. The first-order chi connectivity index (χ1) is 14.4. The van der Waals surface area contributed by atoms with E-state index in [0.717, 1.165) is 61.1 Å². The fourth-order valence-corrected chi connectivity index (χ4v) is 4.72. The van der Waals surface area contributed by atoms with Crippen LogP contribution in [-0.2, 0) is 0 Å². The van der Waals surface area contributed by atoms with Gasteiger partial charge in [0.1, 0.15) is 12.4 Å². The average molecular weight is 415 g/mol. The summed E-state index contributed by atoms with van der Waals surface area (Å²) in [6.07, 6.45) is 7.11. The van der Waals surface area contributed by atoms with Crippen molar-refractivity contribution in [2.75, 3.05) is 45.9 Å². The van der Waals surface area contributed by atoms with Crippen LogP contribution in [0.15, 0.2) is 12.1 Å². The molecule has 2 aliphatic heterocycles. The predicted octanol–water partition coefficient (Wildman–Crippen LogP) is 5.29. The number of ketones is 1. The Morgan fingerprint density at radius 3 is 2.37 bits per heavy atom. The summed E-state index contributed by atoms with van der Waals surface area (Å²) in [5.74, 6) is 2.40. The maximum absolute atomic E-state index is 13.0. The molecular formula is C26H42N2O2. The number of Topliss-reactive ketones (excluding diaryl/α,β-unsaturated/α-hetero) is 1. The molecule has 0 bridgehead atoms. The summed E-state index contributed by atoms with van der Waals surface area (Å²) in [5.41, 5.74) is 3.09. The van der Waals surface area contributed by atoms with Crippen molar-refractivity contribution in [3.05, 3.63) is 28.8 Å². The van der Waals surface area contributed by atoms with Crippen LogP contribution in [-0.4, -0.2) is 61.5 Å². The van der Waals surface area contributed by atoms with Crippen LogP contribution in [0.2, 0.25) is 0 Å². The van der Waals surface area contributed by atoms with Gasteiger partial charge in [-0.1, -0.05) is 27.2 Å². The Balaban J connectivity index is 1.59. The molecule has 0 aromatic heterocycles. The van der Waals surface area contributed by atoms with Gasteiger partial charge < -0.3 is 9.64 Å². The van der Waals surface area contributed by atoms with Crippen molar-refractivity contribution in [1.29, 1.82) is 0 Å². The summed E-state index contributed by atoms with van der Waals surface area (Å²) in [5, 5.41) is 0. The molecule has 2 aliphatic rings. The van der Waals surface area contributed by atoms with Crippen LogP contribution < -0.4 is 4.74 Å². The second-order valence-electron chi connectivity index (χ2n) is 9.81. The molecule has 30 heavy (non-hydrogen) atoms. The van der Waals surface area contributed by atoms with E-state index in [-0.39, 0.29) is 5.78 Å². The third-order valence-corrected chi connectivity index (χ3v) is 6.92. The zero-order valence-electron chi connectivity index (χ0n) is 19.7. The van der Waals surface area contributed by atoms with E-state index in [9.17, 15) is 4.79 Å². The maximum Gasteiger partial charge on any atom is 0.164 e. The van der Waals surface area contributed by atoms with E-state index in [2.05, 4.69) is 49.6 Å². The lowest BCUT2D eigenvalue weighted by Gasteiger charge is -2.30. The van der Waals surface area contributed by atoms with Crippen LogP contribution in [0.1, 0.15) is 86.7 Å². The van der Waals surface area contributed by atoms with Crippen LogP contribution in [0, 0.1) is 12.8 Å². The molecule has 2 heterocycles. The summed E-state index contributed by atoms with van der Waals surface area (Å²) < 4.78 is 6.22. The third-order valence-electron chi connectivity index (χ3n) is 6.92. The second kappa shape index (κ2) is 11.3. The molecule has 0 amide bonds. The van der Waals surface area contributed by atoms with Gasteiger partial charge in [0.05, 0.1) is 0 Å². The quantitative estimate of drug-likeness (QED) is 0.514. The highest BCUT2D eigenvalue weighted by Crippen LogP contribution is 2.31. The summed E-state index contributed by atoms with van der Waals surface area (Å²) in [6, 6.07) is 4.21. The lowest BCUT2D eigenvalue weighted by molar-refractivity contribution is 0.0952. The summed E-state index contributed by atoms with van der Waals surface area (Å²) in [7, 11) is 0. The number of nitrogens with zero attached hydrogens (tertiary/aromatic N) is 2. The lowest BCUT2D eigenvalue weighted by atomic mass is 9.93. The minimum Gasteiger partial charge on any atom is -0.492 e. The van der Waals surface area contributed by atoms with E-state index in [1.54, 1.807) is 0 Å². The minimum absolute atomic E-state index is 0.271. The summed E-state index contributed by atoms with van der Waals surface area (Å²) >= 11 is 0. The molecule has 1 aromatic carbocycles. The lowest BCUT2D eigenvalue weighted by Crippen LogP contribution is -2.34. The van der Waals surface area contributed by atoms with Crippen molar-refractivity contribution in [3.63, 3.8) is 0 Å². The molecule has 0 spiro atoms. The van der Waals surface area contributed by atoms with Gasteiger partial charge in [-0.2, -0.15) is 0 Å². The van der Waals surface area contributed by atoms with Gasteiger partial charge in [0, 0.05) is 25.1 Å². The highest BCUT2D eigenvalue weighted by Gasteiger charge is 2.20. The molecule has 0 unspecified atom stereocenters. The maximum atomic E-state index is 13.0. The highest BCUT2D eigenvalue weighted by atomic mass is 16.5. The van der Waals surface area contributed by atoms with Gasteiger partial charge in [-0.25, -0.2) is 0 Å². The third kappa shape index (κ3) is 6.55. The van der Waals surface area contributed by atoms with Crippen LogP contribution in [0.5, 0.6) is 5.75 Å². The normalized spacial score (nSPS) is 19.4. The Kier molecular flexibility index (Phi) is 8.76. The van der Waals surface area contributed by atoms with Gasteiger partial charge in [-0.05, 0) is 93.9 Å². The van der Waals surface area contributed by atoms with Gasteiger partial charge in [0.25, 0.3) is 0 Å². The van der Waals surface area contributed by atoms with Gasteiger partial charge in [0.15, 0.2) is 5.78 Å². The molecule has 0 saturated carbocycles. The fourth-order valence-electron chi connectivity index (χ4n) is 4.72. The number of aryl methyl sites for hydroxylation is 1. The van der Waals surface area contributed by atoms with Crippen molar-refractivity contribution >= 4 is 5.78 Å². The van der Waals surface area contributed by atoms with Crippen LogP contribution in [0.3, 0.4) is 0 Å². The van der Waals surface area contributed by atoms with Crippen LogP contribution in [0.25, 0.3) is 0 Å². The molecule has 3 rings (SSSR count). The largest absolute Gasteiger partial charge is 0.492 e. The van der Waals surface area contributed by atoms with Crippen molar-refractivity contribution in [2.45, 2.75) is 72.1 Å². The Labute approximate surface area is 184 Å². The summed E-state index contributed by atoms with van der Waals surface area (Å²) in [6.45, 7) is 16.0. The van der Waals surface area contributed by atoms with E-state index >= 15 is 0 Å². The zero-order valence-corrected chi connectivity index (χ0v) is 19.7. The van der Waals surface area contributed by atoms with Crippen molar-refractivity contribution in [1.82, 2.24) is 9.80 Å².